The second-order valence-electron chi connectivity index (χ2n) is 7.31. The highest BCUT2D eigenvalue weighted by molar-refractivity contribution is 5.90. The number of ether oxygens (including phenoxy) is 2. The molecule has 0 saturated carbocycles. The van der Waals surface area contributed by atoms with Gasteiger partial charge in [0.25, 0.3) is 0 Å². The van der Waals surface area contributed by atoms with Crippen molar-refractivity contribution in [3.05, 3.63) is 71.5 Å². The first kappa shape index (κ1) is 23.9. The lowest BCUT2D eigenvalue weighted by molar-refractivity contribution is -0.145. The standard InChI is InChI=1S/C23H27FN2O5/c1-15(2)20(26-23(29)31-14-16-9-5-4-6-10-16)21(27)25-19(22(28)30-3)13-17-11-7-8-12-18(17)24/h4-12,15,19-20H,13-14H2,1-3H3,(H,25,27)(H,26,29)/t19-,20+/m0/s1. The van der Waals surface area contributed by atoms with Gasteiger partial charge < -0.3 is 20.1 Å². The Kier molecular flexibility index (Phi) is 8.99. The zero-order valence-corrected chi connectivity index (χ0v) is 17.8. The monoisotopic (exact) mass is 430 g/mol. The van der Waals surface area contributed by atoms with E-state index in [-0.39, 0.29) is 24.5 Å². The normalized spacial score (nSPS) is 12.5. The van der Waals surface area contributed by atoms with Crippen LogP contribution in [-0.4, -0.2) is 37.2 Å². The van der Waals surface area contributed by atoms with Gasteiger partial charge in [0.1, 0.15) is 24.5 Å². The number of rotatable bonds is 9. The molecular formula is C23H27FN2O5. The molecule has 0 aliphatic heterocycles. The molecule has 166 valence electrons. The van der Waals surface area contributed by atoms with Crippen LogP contribution in [0.25, 0.3) is 0 Å². The number of carbonyl (C=O) groups is 3. The number of halogens is 1. The first-order valence-corrected chi connectivity index (χ1v) is 9.90. The summed E-state index contributed by atoms with van der Waals surface area (Å²) in [5.41, 5.74) is 1.06. The van der Waals surface area contributed by atoms with E-state index < -0.39 is 35.9 Å². The lowest BCUT2D eigenvalue weighted by atomic mass is 10.0. The highest BCUT2D eigenvalue weighted by Gasteiger charge is 2.30. The molecule has 0 saturated heterocycles. The van der Waals surface area contributed by atoms with Gasteiger partial charge in [-0.05, 0) is 23.1 Å². The van der Waals surface area contributed by atoms with Gasteiger partial charge in [-0.15, -0.1) is 0 Å². The molecular weight excluding hydrogens is 403 g/mol. The smallest absolute Gasteiger partial charge is 0.408 e. The van der Waals surface area contributed by atoms with Gasteiger partial charge in [0.15, 0.2) is 0 Å². The molecule has 0 heterocycles. The SMILES string of the molecule is COC(=O)[C@H](Cc1ccccc1F)NC(=O)[C@H](NC(=O)OCc1ccccc1)C(C)C. The van der Waals surface area contributed by atoms with Crippen LogP contribution in [0, 0.1) is 11.7 Å². The molecule has 2 atom stereocenters. The largest absolute Gasteiger partial charge is 0.467 e. The Hall–Kier alpha value is -3.42. The molecule has 8 heteroatoms. The van der Waals surface area contributed by atoms with Crippen LogP contribution in [0.3, 0.4) is 0 Å². The molecule has 0 unspecified atom stereocenters. The van der Waals surface area contributed by atoms with Gasteiger partial charge in [0, 0.05) is 6.42 Å². The van der Waals surface area contributed by atoms with Crippen molar-refractivity contribution in [2.75, 3.05) is 7.11 Å². The van der Waals surface area contributed by atoms with Crippen LogP contribution in [0.2, 0.25) is 0 Å². The molecule has 2 aromatic rings. The van der Waals surface area contributed by atoms with E-state index >= 15 is 0 Å². The van der Waals surface area contributed by atoms with Gasteiger partial charge in [-0.2, -0.15) is 0 Å². The molecule has 0 radical (unpaired) electrons. The number of nitrogens with one attached hydrogen (secondary N) is 2. The maximum atomic E-state index is 14.0. The van der Waals surface area contributed by atoms with Gasteiger partial charge in [-0.25, -0.2) is 14.0 Å². The summed E-state index contributed by atoms with van der Waals surface area (Å²) in [6, 6.07) is 13.0. The van der Waals surface area contributed by atoms with E-state index in [1.807, 2.05) is 30.3 Å². The third kappa shape index (κ3) is 7.40. The maximum Gasteiger partial charge on any atom is 0.408 e. The van der Waals surface area contributed by atoms with E-state index in [0.717, 1.165) is 5.56 Å². The maximum absolute atomic E-state index is 14.0. The number of hydrogen-bond donors (Lipinski definition) is 2. The minimum atomic E-state index is -1.11. The number of hydrogen-bond acceptors (Lipinski definition) is 5. The molecule has 2 amide bonds. The number of esters is 1. The lowest BCUT2D eigenvalue weighted by Gasteiger charge is -2.24. The Morgan fingerprint density at radius 1 is 0.968 bits per heavy atom. The van der Waals surface area contributed by atoms with Crippen molar-refractivity contribution in [3.8, 4) is 0 Å². The van der Waals surface area contributed by atoms with Gasteiger partial charge in [0.05, 0.1) is 7.11 Å². The Morgan fingerprint density at radius 2 is 1.61 bits per heavy atom. The van der Waals surface area contributed by atoms with E-state index in [1.54, 1.807) is 19.9 Å². The van der Waals surface area contributed by atoms with E-state index in [1.165, 1.54) is 25.3 Å². The van der Waals surface area contributed by atoms with Crippen molar-refractivity contribution in [3.63, 3.8) is 0 Å². The summed E-state index contributed by atoms with van der Waals surface area (Å²) in [6.45, 7) is 3.54. The molecule has 2 N–H and O–H groups in total. The van der Waals surface area contributed by atoms with Crippen LogP contribution >= 0.6 is 0 Å². The quantitative estimate of drug-likeness (QED) is 0.597. The number of carbonyl (C=O) groups excluding carboxylic acids is 3. The summed E-state index contributed by atoms with van der Waals surface area (Å²) in [5.74, 6) is -2.10. The van der Waals surface area contributed by atoms with Crippen molar-refractivity contribution < 1.29 is 28.2 Å². The third-order valence-corrected chi connectivity index (χ3v) is 4.62. The number of methoxy groups -OCH3 is 1. The second kappa shape index (κ2) is 11.7. The Bertz CT molecular complexity index is 889. The molecule has 0 spiro atoms. The summed E-state index contributed by atoms with van der Waals surface area (Å²) in [7, 11) is 1.18. The first-order chi connectivity index (χ1) is 14.8. The van der Waals surface area contributed by atoms with Gasteiger partial charge >= 0.3 is 12.1 Å². The van der Waals surface area contributed by atoms with Crippen LogP contribution in [0.1, 0.15) is 25.0 Å². The zero-order valence-electron chi connectivity index (χ0n) is 17.8. The van der Waals surface area contributed by atoms with Crippen molar-refractivity contribution in [2.45, 2.75) is 39.0 Å². The molecule has 0 aliphatic rings. The van der Waals surface area contributed by atoms with Gasteiger partial charge in [-0.3, -0.25) is 4.79 Å². The minimum Gasteiger partial charge on any atom is -0.467 e. The van der Waals surface area contributed by atoms with Gasteiger partial charge in [-0.1, -0.05) is 62.4 Å². The first-order valence-electron chi connectivity index (χ1n) is 9.90. The summed E-state index contributed by atoms with van der Waals surface area (Å²) < 4.78 is 23.9. The highest BCUT2D eigenvalue weighted by atomic mass is 19.1. The molecule has 0 fully saturated rings. The zero-order chi connectivity index (χ0) is 22.8. The van der Waals surface area contributed by atoms with Crippen molar-refractivity contribution in [1.29, 1.82) is 0 Å². The number of alkyl carbamates (subject to hydrolysis) is 1. The highest BCUT2D eigenvalue weighted by Crippen LogP contribution is 2.11. The number of amides is 2. The fourth-order valence-corrected chi connectivity index (χ4v) is 2.91. The summed E-state index contributed by atoms with van der Waals surface area (Å²) in [4.78, 5) is 37.2. The average molecular weight is 430 g/mol. The topological polar surface area (TPSA) is 93.7 Å². The van der Waals surface area contributed by atoms with Crippen LogP contribution in [0.15, 0.2) is 54.6 Å². The second-order valence-corrected chi connectivity index (χ2v) is 7.31. The number of benzene rings is 2. The molecule has 2 aromatic carbocycles. The average Bonchev–Trinajstić information content (AvgIpc) is 2.76. The molecule has 0 bridgehead atoms. The molecule has 0 aliphatic carbocycles. The van der Waals surface area contributed by atoms with Crippen LogP contribution in [0.4, 0.5) is 9.18 Å². The van der Waals surface area contributed by atoms with Crippen molar-refractivity contribution in [1.82, 2.24) is 10.6 Å². The summed E-state index contributed by atoms with van der Waals surface area (Å²) in [6.07, 6.45) is -0.852. The molecule has 2 rings (SSSR count). The van der Waals surface area contributed by atoms with Crippen molar-refractivity contribution in [2.24, 2.45) is 5.92 Å². The Labute approximate surface area is 180 Å². The van der Waals surface area contributed by atoms with Gasteiger partial charge in [0.2, 0.25) is 5.91 Å². The predicted octanol–water partition coefficient (Wildman–Crippen LogP) is 2.98. The van der Waals surface area contributed by atoms with Crippen LogP contribution < -0.4 is 10.6 Å². The Balaban J connectivity index is 2.03. The third-order valence-electron chi connectivity index (χ3n) is 4.62. The van der Waals surface area contributed by atoms with E-state index in [2.05, 4.69) is 10.6 Å². The lowest BCUT2D eigenvalue weighted by Crippen LogP contribution is -2.54. The molecule has 31 heavy (non-hydrogen) atoms. The molecule has 7 nitrogen and oxygen atoms in total. The predicted molar refractivity (Wildman–Crippen MR) is 112 cm³/mol. The van der Waals surface area contributed by atoms with E-state index in [9.17, 15) is 18.8 Å². The van der Waals surface area contributed by atoms with Crippen molar-refractivity contribution >= 4 is 18.0 Å². The summed E-state index contributed by atoms with van der Waals surface area (Å²) >= 11 is 0. The van der Waals surface area contributed by atoms with E-state index in [0.29, 0.717) is 0 Å². The fraction of sp³-hybridized carbons (Fsp3) is 0.348. The fourth-order valence-electron chi connectivity index (χ4n) is 2.91. The van der Waals surface area contributed by atoms with Crippen LogP contribution in [0.5, 0.6) is 0 Å². The van der Waals surface area contributed by atoms with E-state index in [4.69, 9.17) is 9.47 Å². The molecule has 0 aromatic heterocycles. The Morgan fingerprint density at radius 3 is 2.23 bits per heavy atom. The minimum absolute atomic E-state index is 0.0528. The van der Waals surface area contributed by atoms with Crippen LogP contribution in [-0.2, 0) is 32.1 Å². The summed E-state index contributed by atoms with van der Waals surface area (Å²) in [5, 5.41) is 5.08.